The van der Waals surface area contributed by atoms with Gasteiger partial charge < -0.3 is 10.2 Å². The van der Waals surface area contributed by atoms with E-state index in [4.69, 9.17) is 0 Å². The van der Waals surface area contributed by atoms with Crippen LogP contribution in [0.5, 0.6) is 0 Å². The molecule has 1 N–H and O–H groups in total. The Kier molecular flexibility index (Phi) is 3.56. The first-order valence-electron chi connectivity index (χ1n) is 8.27. The minimum Gasteiger partial charge on any atom is -0.345 e. The third kappa shape index (κ3) is 2.56. The highest BCUT2D eigenvalue weighted by Crippen LogP contribution is 2.31. The first-order chi connectivity index (χ1) is 11.7. The molecule has 24 heavy (non-hydrogen) atoms. The van der Waals surface area contributed by atoms with Crippen molar-refractivity contribution in [2.24, 2.45) is 0 Å². The lowest BCUT2D eigenvalue weighted by Gasteiger charge is -2.29. The van der Waals surface area contributed by atoms with Gasteiger partial charge in [-0.2, -0.15) is 0 Å². The van der Waals surface area contributed by atoms with Crippen LogP contribution < -0.4 is 5.32 Å². The van der Waals surface area contributed by atoms with E-state index in [-0.39, 0.29) is 17.4 Å². The lowest BCUT2D eigenvalue weighted by Crippen LogP contribution is -2.50. The summed E-state index contributed by atoms with van der Waals surface area (Å²) in [6, 6.07) is 11.2. The molecule has 0 aliphatic carbocycles. The molecular formula is C19H19N3O2. The molecule has 2 amide bonds. The molecule has 1 unspecified atom stereocenters. The Morgan fingerprint density at radius 3 is 2.75 bits per heavy atom. The van der Waals surface area contributed by atoms with Gasteiger partial charge in [0.15, 0.2) is 0 Å². The minimum absolute atomic E-state index is 0.00489. The van der Waals surface area contributed by atoms with Crippen LogP contribution in [0.25, 0.3) is 0 Å². The highest BCUT2D eigenvalue weighted by atomic mass is 16.2. The summed E-state index contributed by atoms with van der Waals surface area (Å²) in [5.41, 5.74) is 2.17. The number of benzene rings is 1. The predicted octanol–water partition coefficient (Wildman–Crippen LogP) is 2.04. The second kappa shape index (κ2) is 5.74. The summed E-state index contributed by atoms with van der Waals surface area (Å²) >= 11 is 0. The van der Waals surface area contributed by atoms with Crippen molar-refractivity contribution in [3.8, 4) is 0 Å². The van der Waals surface area contributed by atoms with Crippen molar-refractivity contribution < 1.29 is 9.59 Å². The fourth-order valence-electron chi connectivity index (χ4n) is 3.73. The zero-order valence-corrected chi connectivity index (χ0v) is 13.4. The maximum atomic E-state index is 12.6. The quantitative estimate of drug-likeness (QED) is 0.874. The number of aryl methyl sites for hydroxylation is 1. The van der Waals surface area contributed by atoms with E-state index in [2.05, 4.69) is 10.3 Å². The highest BCUT2D eigenvalue weighted by Gasteiger charge is 2.42. The molecule has 1 saturated heterocycles. The molecule has 0 bridgehead atoms. The van der Waals surface area contributed by atoms with E-state index >= 15 is 0 Å². The van der Waals surface area contributed by atoms with Crippen molar-refractivity contribution in [3.05, 3.63) is 65.5 Å². The van der Waals surface area contributed by atoms with Crippen LogP contribution in [-0.2, 0) is 6.42 Å². The summed E-state index contributed by atoms with van der Waals surface area (Å²) < 4.78 is 0. The molecule has 2 aliphatic heterocycles. The first-order valence-corrected chi connectivity index (χ1v) is 8.27. The molecule has 1 aromatic carbocycles. The second-order valence-corrected chi connectivity index (χ2v) is 6.60. The van der Waals surface area contributed by atoms with E-state index in [0.717, 1.165) is 30.4 Å². The number of carbonyl (C=O) groups is 2. The van der Waals surface area contributed by atoms with Gasteiger partial charge in [0.25, 0.3) is 11.8 Å². The molecule has 0 saturated carbocycles. The van der Waals surface area contributed by atoms with Gasteiger partial charge in [0.05, 0.1) is 5.54 Å². The Balaban J connectivity index is 1.54. The number of hydrogen-bond acceptors (Lipinski definition) is 3. The zero-order valence-electron chi connectivity index (χ0n) is 13.4. The summed E-state index contributed by atoms with van der Waals surface area (Å²) in [6.45, 7) is 1.23. The van der Waals surface area contributed by atoms with Gasteiger partial charge in [-0.3, -0.25) is 14.6 Å². The van der Waals surface area contributed by atoms with Gasteiger partial charge in [0.2, 0.25) is 0 Å². The summed E-state index contributed by atoms with van der Waals surface area (Å²) in [5.74, 6) is -0.0217. The average Bonchev–Trinajstić information content (AvgIpc) is 2.98. The van der Waals surface area contributed by atoms with Crippen LogP contribution in [0.1, 0.15) is 39.1 Å². The molecule has 122 valence electrons. The fraction of sp³-hybridized carbons (Fsp3) is 0.316. The van der Waals surface area contributed by atoms with Crippen LogP contribution in [0.4, 0.5) is 0 Å². The Bertz CT molecular complexity index is 790. The second-order valence-electron chi connectivity index (χ2n) is 6.60. The standard InChI is InChI=1S/C19H19N3O2/c23-17-16-4-2-1-3-14(16)5-8-19(21-17)9-12-22(13-19)18(24)15-6-10-20-11-7-15/h1-4,6-7,10-11H,5,8-9,12-13H2,(H,21,23). The molecule has 1 atom stereocenters. The maximum absolute atomic E-state index is 12.6. The Morgan fingerprint density at radius 1 is 1.12 bits per heavy atom. The maximum Gasteiger partial charge on any atom is 0.254 e. The molecule has 4 rings (SSSR count). The van der Waals surface area contributed by atoms with E-state index in [1.807, 2.05) is 29.2 Å². The fourth-order valence-corrected chi connectivity index (χ4v) is 3.73. The number of nitrogens with one attached hydrogen (secondary N) is 1. The number of rotatable bonds is 1. The van der Waals surface area contributed by atoms with Crippen molar-refractivity contribution >= 4 is 11.8 Å². The third-order valence-electron chi connectivity index (χ3n) is 5.08. The normalized spacial score (nSPS) is 22.8. The molecule has 5 nitrogen and oxygen atoms in total. The van der Waals surface area contributed by atoms with E-state index in [0.29, 0.717) is 18.7 Å². The number of amides is 2. The van der Waals surface area contributed by atoms with Gasteiger partial charge in [-0.05, 0) is 43.0 Å². The lowest BCUT2D eigenvalue weighted by atomic mass is 9.91. The van der Waals surface area contributed by atoms with Gasteiger partial charge in [-0.15, -0.1) is 0 Å². The van der Waals surface area contributed by atoms with Crippen LogP contribution in [0, 0.1) is 0 Å². The molecular weight excluding hydrogens is 302 g/mol. The first kappa shape index (κ1) is 14.9. The zero-order chi connectivity index (χ0) is 16.6. The molecule has 2 aromatic rings. The van der Waals surface area contributed by atoms with Crippen molar-refractivity contribution in [3.63, 3.8) is 0 Å². The monoisotopic (exact) mass is 321 g/mol. The molecule has 5 heteroatoms. The van der Waals surface area contributed by atoms with Crippen molar-refractivity contribution in [2.75, 3.05) is 13.1 Å². The lowest BCUT2D eigenvalue weighted by molar-refractivity contribution is 0.0764. The van der Waals surface area contributed by atoms with Crippen LogP contribution in [0.2, 0.25) is 0 Å². The van der Waals surface area contributed by atoms with Gasteiger partial charge in [-0.25, -0.2) is 0 Å². The number of carbonyl (C=O) groups excluding carboxylic acids is 2. The molecule has 1 spiro atoms. The SMILES string of the molecule is O=C1NC2(CCc3ccccc31)CCN(C(=O)c1ccncc1)C2. The Morgan fingerprint density at radius 2 is 1.92 bits per heavy atom. The van der Waals surface area contributed by atoms with Crippen LogP contribution in [-0.4, -0.2) is 40.3 Å². The number of pyridine rings is 1. The van der Waals surface area contributed by atoms with Crippen molar-refractivity contribution in [1.29, 1.82) is 0 Å². The van der Waals surface area contributed by atoms with Crippen LogP contribution in [0.15, 0.2) is 48.8 Å². The average molecular weight is 321 g/mol. The number of fused-ring (bicyclic) bond motifs is 1. The van der Waals surface area contributed by atoms with Gasteiger partial charge in [0, 0.05) is 36.6 Å². The topological polar surface area (TPSA) is 62.3 Å². The molecule has 2 aliphatic rings. The van der Waals surface area contributed by atoms with Gasteiger partial charge >= 0.3 is 0 Å². The number of hydrogen-bond donors (Lipinski definition) is 1. The van der Waals surface area contributed by atoms with Crippen molar-refractivity contribution in [1.82, 2.24) is 15.2 Å². The Hall–Kier alpha value is -2.69. The Labute approximate surface area is 140 Å². The summed E-state index contributed by atoms with van der Waals surface area (Å²) in [4.78, 5) is 31.0. The highest BCUT2D eigenvalue weighted by molar-refractivity contribution is 5.97. The van der Waals surface area contributed by atoms with E-state index < -0.39 is 0 Å². The summed E-state index contributed by atoms with van der Waals surface area (Å²) in [5, 5.41) is 3.20. The van der Waals surface area contributed by atoms with E-state index in [1.54, 1.807) is 24.5 Å². The number of likely N-dealkylation sites (tertiary alicyclic amines) is 1. The van der Waals surface area contributed by atoms with E-state index in [9.17, 15) is 9.59 Å². The summed E-state index contributed by atoms with van der Waals surface area (Å²) in [6.07, 6.45) is 5.76. The molecule has 1 fully saturated rings. The van der Waals surface area contributed by atoms with E-state index in [1.165, 1.54) is 0 Å². The third-order valence-corrected chi connectivity index (χ3v) is 5.08. The molecule has 0 radical (unpaired) electrons. The van der Waals surface area contributed by atoms with Gasteiger partial charge in [-0.1, -0.05) is 18.2 Å². The predicted molar refractivity (Wildman–Crippen MR) is 89.7 cm³/mol. The molecule has 3 heterocycles. The van der Waals surface area contributed by atoms with Crippen LogP contribution in [0.3, 0.4) is 0 Å². The largest absolute Gasteiger partial charge is 0.345 e. The van der Waals surface area contributed by atoms with Crippen molar-refractivity contribution in [2.45, 2.75) is 24.8 Å². The number of nitrogens with zero attached hydrogens (tertiary/aromatic N) is 2. The molecule has 1 aromatic heterocycles. The summed E-state index contributed by atoms with van der Waals surface area (Å²) in [7, 11) is 0. The van der Waals surface area contributed by atoms with Crippen LogP contribution >= 0.6 is 0 Å². The minimum atomic E-state index is -0.321. The number of aromatic nitrogens is 1. The van der Waals surface area contributed by atoms with Gasteiger partial charge in [0.1, 0.15) is 0 Å². The smallest absolute Gasteiger partial charge is 0.254 e.